The van der Waals surface area contributed by atoms with Crippen LogP contribution in [0.3, 0.4) is 0 Å². The molecule has 7 heteroatoms. The molecule has 1 aromatic heterocycles. The van der Waals surface area contributed by atoms with E-state index in [4.69, 9.17) is 10.5 Å². The zero-order valence-electron chi connectivity index (χ0n) is 16.9. The van der Waals surface area contributed by atoms with E-state index < -0.39 is 6.04 Å². The third kappa shape index (κ3) is 5.40. The van der Waals surface area contributed by atoms with E-state index in [1.165, 1.54) is 17.1 Å². The second-order valence-corrected chi connectivity index (χ2v) is 7.72. The third-order valence-corrected chi connectivity index (χ3v) is 5.43. The van der Waals surface area contributed by atoms with E-state index in [9.17, 15) is 4.79 Å². The maximum atomic E-state index is 13.1. The summed E-state index contributed by atoms with van der Waals surface area (Å²) in [6.45, 7) is 4.02. The highest BCUT2D eigenvalue weighted by Crippen LogP contribution is 2.20. The first-order chi connectivity index (χ1) is 14.0. The van der Waals surface area contributed by atoms with Gasteiger partial charge in [-0.25, -0.2) is 4.98 Å². The van der Waals surface area contributed by atoms with Gasteiger partial charge in [0.1, 0.15) is 17.6 Å². The lowest BCUT2D eigenvalue weighted by Crippen LogP contribution is -2.45. The maximum absolute atomic E-state index is 13.1. The average Bonchev–Trinajstić information content (AvgIpc) is 3.18. The lowest BCUT2D eigenvalue weighted by molar-refractivity contribution is 0.0958. The number of ketones is 1. The molecule has 0 saturated carbocycles. The molecular weight excluding hydrogens is 384 g/mol. The molecule has 152 valence electrons. The van der Waals surface area contributed by atoms with Gasteiger partial charge in [0.25, 0.3) is 0 Å². The second-order valence-electron chi connectivity index (χ2n) is 6.97. The van der Waals surface area contributed by atoms with Crippen LogP contribution in [-0.4, -0.2) is 34.3 Å². The number of hydrogen-bond acceptors (Lipinski definition) is 7. The average molecular weight is 411 g/mol. The Bertz CT molecular complexity index is 955. The number of nitrogens with two attached hydrogens (primary N) is 1. The van der Waals surface area contributed by atoms with Crippen LogP contribution in [0.1, 0.15) is 40.7 Å². The normalized spacial score (nSPS) is 13.0. The number of benzene rings is 2. The summed E-state index contributed by atoms with van der Waals surface area (Å²) in [5, 5.41) is 3.81. The van der Waals surface area contributed by atoms with E-state index in [0.717, 1.165) is 11.4 Å². The van der Waals surface area contributed by atoms with Crippen LogP contribution in [-0.2, 0) is 6.42 Å². The van der Waals surface area contributed by atoms with Gasteiger partial charge in [0, 0.05) is 29.6 Å². The van der Waals surface area contributed by atoms with Crippen molar-refractivity contribution in [3.8, 4) is 5.75 Å². The Morgan fingerprint density at radius 3 is 2.66 bits per heavy atom. The first-order valence-electron chi connectivity index (χ1n) is 9.58. The number of ether oxygens (including phenoxy) is 1. The van der Waals surface area contributed by atoms with Crippen molar-refractivity contribution in [3.63, 3.8) is 0 Å². The van der Waals surface area contributed by atoms with Gasteiger partial charge in [0.15, 0.2) is 5.78 Å². The highest BCUT2D eigenvalue weighted by molar-refractivity contribution is 7.09. The molecule has 0 amide bonds. The van der Waals surface area contributed by atoms with Crippen molar-refractivity contribution < 1.29 is 9.53 Å². The lowest BCUT2D eigenvalue weighted by Gasteiger charge is -2.22. The molecule has 0 aliphatic heterocycles. The van der Waals surface area contributed by atoms with Crippen LogP contribution >= 0.6 is 11.5 Å². The molecule has 3 rings (SSSR count). The number of methoxy groups -OCH3 is 1. The van der Waals surface area contributed by atoms with Crippen molar-refractivity contribution in [1.82, 2.24) is 9.36 Å². The second kappa shape index (κ2) is 9.62. The number of nitrogens with one attached hydrogen (secondary N) is 1. The largest absolute Gasteiger partial charge is 0.497 e. The fraction of sp³-hybridized carbons (Fsp3) is 0.318. The summed E-state index contributed by atoms with van der Waals surface area (Å²) in [6.07, 6.45) is 1.31. The molecule has 2 unspecified atom stereocenters. The van der Waals surface area contributed by atoms with Crippen LogP contribution < -0.4 is 15.8 Å². The molecule has 3 aromatic rings. The Kier molecular flexibility index (Phi) is 6.95. The Balaban J connectivity index is 1.75. The molecule has 29 heavy (non-hydrogen) atoms. The van der Waals surface area contributed by atoms with Crippen LogP contribution in [0.15, 0.2) is 48.5 Å². The van der Waals surface area contributed by atoms with Gasteiger partial charge in [-0.3, -0.25) is 4.79 Å². The van der Waals surface area contributed by atoms with Gasteiger partial charge in [-0.15, -0.1) is 0 Å². The first kappa shape index (κ1) is 21.0. The van der Waals surface area contributed by atoms with E-state index in [-0.39, 0.29) is 11.8 Å². The van der Waals surface area contributed by atoms with E-state index in [1.807, 2.05) is 13.0 Å². The Labute approximate surface area is 175 Å². The summed E-state index contributed by atoms with van der Waals surface area (Å²) in [6, 6.07) is 14.4. The van der Waals surface area contributed by atoms with Crippen molar-refractivity contribution in [2.75, 3.05) is 12.4 Å². The predicted octanol–water partition coefficient (Wildman–Crippen LogP) is 3.85. The van der Waals surface area contributed by atoms with E-state index in [1.54, 1.807) is 31.4 Å². The van der Waals surface area contributed by atoms with E-state index in [0.29, 0.717) is 29.3 Å². The van der Waals surface area contributed by atoms with Crippen LogP contribution in [0.5, 0.6) is 5.75 Å². The topological polar surface area (TPSA) is 90.1 Å². The van der Waals surface area contributed by atoms with Gasteiger partial charge in [-0.2, -0.15) is 4.37 Å². The quantitative estimate of drug-likeness (QED) is 0.521. The lowest BCUT2D eigenvalue weighted by atomic mass is 9.97. The number of hydrogen-bond donors (Lipinski definition) is 2. The van der Waals surface area contributed by atoms with Gasteiger partial charge < -0.3 is 15.8 Å². The minimum atomic E-state index is -0.576. The molecule has 0 radical (unpaired) electrons. The molecule has 0 bridgehead atoms. The predicted molar refractivity (Wildman–Crippen MR) is 117 cm³/mol. The number of aromatic nitrogens is 2. The summed E-state index contributed by atoms with van der Waals surface area (Å²) in [7, 11) is 1.60. The third-order valence-electron chi connectivity index (χ3n) is 4.75. The minimum absolute atomic E-state index is 0.0718. The summed E-state index contributed by atoms with van der Waals surface area (Å²) in [4.78, 5) is 17.6. The number of carbonyl (C=O) groups excluding carboxylic acids is 1. The molecular formula is C22H26N4O2S. The Morgan fingerprint density at radius 1 is 1.24 bits per heavy atom. The van der Waals surface area contributed by atoms with Crippen LogP contribution in [0.25, 0.3) is 0 Å². The molecule has 0 saturated heterocycles. The van der Waals surface area contributed by atoms with Crippen molar-refractivity contribution in [2.24, 2.45) is 5.73 Å². The fourth-order valence-electron chi connectivity index (χ4n) is 3.06. The molecule has 0 aliphatic rings. The molecule has 0 spiro atoms. The monoisotopic (exact) mass is 410 g/mol. The zero-order chi connectivity index (χ0) is 20.8. The van der Waals surface area contributed by atoms with Crippen LogP contribution in [0, 0.1) is 6.92 Å². The molecule has 2 aromatic carbocycles. The molecule has 0 aliphatic carbocycles. The molecule has 3 N–H and O–H groups in total. The van der Waals surface area contributed by atoms with Crippen LogP contribution in [0.4, 0.5) is 5.13 Å². The van der Waals surface area contributed by atoms with Gasteiger partial charge in [-0.1, -0.05) is 36.8 Å². The van der Waals surface area contributed by atoms with Gasteiger partial charge in [0.2, 0.25) is 5.13 Å². The highest BCUT2D eigenvalue weighted by Gasteiger charge is 2.26. The number of Topliss-reactive ketones (excluding diaryl/α,β-unsaturated/α-hetero) is 1. The number of carbonyl (C=O) groups is 1. The summed E-state index contributed by atoms with van der Waals surface area (Å²) >= 11 is 1.25. The smallest absolute Gasteiger partial charge is 0.203 e. The van der Waals surface area contributed by atoms with E-state index in [2.05, 4.69) is 39.8 Å². The van der Waals surface area contributed by atoms with Crippen LogP contribution in [0.2, 0.25) is 0 Å². The number of rotatable bonds is 9. The maximum Gasteiger partial charge on any atom is 0.203 e. The minimum Gasteiger partial charge on any atom is -0.497 e. The Hall–Kier alpha value is -2.77. The molecule has 6 nitrogen and oxygen atoms in total. The zero-order valence-corrected chi connectivity index (χ0v) is 17.7. The molecule has 2 atom stereocenters. The number of nitrogens with zero attached hydrogens (tertiary/aromatic N) is 2. The van der Waals surface area contributed by atoms with Gasteiger partial charge in [-0.05, 0) is 43.2 Å². The molecule has 0 fully saturated rings. The van der Waals surface area contributed by atoms with Gasteiger partial charge >= 0.3 is 0 Å². The number of anilines is 1. The Morgan fingerprint density at radius 2 is 2.00 bits per heavy atom. The van der Waals surface area contributed by atoms with E-state index >= 15 is 0 Å². The van der Waals surface area contributed by atoms with Crippen molar-refractivity contribution >= 4 is 22.4 Å². The summed E-state index contributed by atoms with van der Waals surface area (Å²) in [5.41, 5.74) is 9.20. The van der Waals surface area contributed by atoms with Crippen molar-refractivity contribution in [3.05, 3.63) is 71.0 Å². The standard InChI is InChI=1S/C22H26N4O2S/c1-4-18(23)20(21(27)16-8-10-17(28-3)11-9-16)25-22-24-19(26-29-22)13-15-7-5-6-14(2)12-15/h5-12,18,20H,4,13,23H2,1-3H3,(H,24,25,26). The summed E-state index contributed by atoms with van der Waals surface area (Å²) in [5.74, 6) is 1.36. The first-order valence-corrected chi connectivity index (χ1v) is 10.4. The van der Waals surface area contributed by atoms with Crippen molar-refractivity contribution in [1.29, 1.82) is 0 Å². The van der Waals surface area contributed by atoms with Gasteiger partial charge in [0.05, 0.1) is 7.11 Å². The number of aryl methyl sites for hydroxylation is 1. The molecule has 1 heterocycles. The summed E-state index contributed by atoms with van der Waals surface area (Å²) < 4.78 is 9.60. The fourth-order valence-corrected chi connectivity index (χ4v) is 3.68. The highest BCUT2D eigenvalue weighted by atomic mass is 32.1. The SMILES string of the molecule is CCC(N)C(Nc1nc(Cc2cccc(C)c2)ns1)C(=O)c1ccc(OC)cc1. The van der Waals surface area contributed by atoms with Crippen molar-refractivity contribution in [2.45, 2.75) is 38.8 Å².